The Morgan fingerprint density at radius 1 is 1.57 bits per heavy atom. The lowest BCUT2D eigenvalue weighted by Gasteiger charge is -2.21. The van der Waals surface area contributed by atoms with Crippen molar-refractivity contribution in [3.63, 3.8) is 0 Å². The zero-order valence-corrected chi connectivity index (χ0v) is 7.76. The van der Waals surface area contributed by atoms with Crippen molar-refractivity contribution in [2.45, 2.75) is 18.9 Å². The summed E-state index contributed by atoms with van der Waals surface area (Å²) in [4.78, 5) is 20.9. The summed E-state index contributed by atoms with van der Waals surface area (Å²) in [6.07, 6.45) is 6.83. The lowest BCUT2D eigenvalue weighted by molar-refractivity contribution is 0.202. The molecule has 1 aromatic rings. The Kier molecular flexibility index (Phi) is 2.30. The van der Waals surface area contributed by atoms with Crippen LogP contribution in [0.25, 0.3) is 0 Å². The summed E-state index contributed by atoms with van der Waals surface area (Å²) < 4.78 is 0. The number of nitrogens with two attached hydrogens (primary N) is 1. The molecular formula is C9H12N4O. The largest absolute Gasteiger partial charge is 0.351 e. The first kappa shape index (κ1) is 8.93. The number of hydrogen-bond acceptors (Lipinski definition) is 3. The van der Waals surface area contributed by atoms with Crippen LogP contribution < -0.4 is 5.73 Å². The van der Waals surface area contributed by atoms with Crippen LogP contribution in [0.5, 0.6) is 0 Å². The minimum Gasteiger partial charge on any atom is -0.351 e. The maximum absolute atomic E-state index is 11.1. The average Bonchev–Trinajstić information content (AvgIpc) is 2.67. The van der Waals surface area contributed by atoms with E-state index in [0.717, 1.165) is 25.1 Å². The van der Waals surface area contributed by atoms with Gasteiger partial charge in [-0.05, 0) is 12.8 Å². The van der Waals surface area contributed by atoms with E-state index in [1.54, 1.807) is 23.5 Å². The van der Waals surface area contributed by atoms with E-state index in [1.807, 2.05) is 0 Å². The molecule has 0 aromatic carbocycles. The molecule has 0 bridgehead atoms. The van der Waals surface area contributed by atoms with Crippen molar-refractivity contribution in [2.75, 3.05) is 6.54 Å². The predicted molar refractivity (Wildman–Crippen MR) is 50.3 cm³/mol. The van der Waals surface area contributed by atoms with Gasteiger partial charge in [0, 0.05) is 18.9 Å². The molecule has 0 aliphatic carbocycles. The predicted octanol–water partition coefficient (Wildman–Crippen LogP) is 0.692. The van der Waals surface area contributed by atoms with Crippen molar-refractivity contribution in [1.82, 2.24) is 14.9 Å². The van der Waals surface area contributed by atoms with Gasteiger partial charge in [-0.1, -0.05) is 0 Å². The third-order valence-electron chi connectivity index (χ3n) is 2.46. The lowest BCUT2D eigenvalue weighted by Crippen LogP contribution is -2.35. The second-order valence-electron chi connectivity index (χ2n) is 3.32. The third kappa shape index (κ3) is 1.53. The van der Waals surface area contributed by atoms with Gasteiger partial charge in [-0.15, -0.1) is 0 Å². The molecule has 1 unspecified atom stereocenters. The van der Waals surface area contributed by atoms with E-state index in [0.29, 0.717) is 0 Å². The Bertz CT molecular complexity index is 327. The smallest absolute Gasteiger partial charge is 0.315 e. The van der Waals surface area contributed by atoms with Gasteiger partial charge in [0.25, 0.3) is 0 Å². The molecule has 0 spiro atoms. The van der Waals surface area contributed by atoms with Crippen molar-refractivity contribution >= 4 is 6.03 Å². The lowest BCUT2D eigenvalue weighted by atomic mass is 10.1. The second-order valence-corrected chi connectivity index (χ2v) is 3.32. The van der Waals surface area contributed by atoms with Crippen molar-refractivity contribution in [3.05, 3.63) is 24.3 Å². The van der Waals surface area contributed by atoms with Crippen LogP contribution in [0.2, 0.25) is 0 Å². The van der Waals surface area contributed by atoms with Crippen molar-refractivity contribution in [1.29, 1.82) is 0 Å². The minimum absolute atomic E-state index is 0.0150. The van der Waals surface area contributed by atoms with E-state index in [2.05, 4.69) is 9.97 Å². The number of hydrogen-bond donors (Lipinski definition) is 1. The molecule has 2 N–H and O–H groups in total. The molecule has 74 valence electrons. The Hall–Kier alpha value is -1.65. The van der Waals surface area contributed by atoms with Gasteiger partial charge in [0.15, 0.2) is 0 Å². The fourth-order valence-corrected chi connectivity index (χ4v) is 1.82. The molecule has 1 saturated heterocycles. The van der Waals surface area contributed by atoms with Crippen LogP contribution in [0.3, 0.4) is 0 Å². The van der Waals surface area contributed by atoms with Crippen LogP contribution in [-0.4, -0.2) is 27.4 Å². The van der Waals surface area contributed by atoms with Crippen molar-refractivity contribution < 1.29 is 4.79 Å². The van der Waals surface area contributed by atoms with Crippen molar-refractivity contribution in [2.24, 2.45) is 5.73 Å². The summed E-state index contributed by atoms with van der Waals surface area (Å²) in [5.74, 6) is 0. The monoisotopic (exact) mass is 192 g/mol. The van der Waals surface area contributed by atoms with Crippen LogP contribution in [0.15, 0.2) is 18.6 Å². The standard InChI is InChI=1S/C9H12N4O/c10-9(14)13-5-1-2-8(13)7-6-11-3-4-12-7/h3-4,6,8H,1-2,5H2,(H2,10,14). The highest BCUT2D eigenvalue weighted by atomic mass is 16.2. The summed E-state index contributed by atoms with van der Waals surface area (Å²) >= 11 is 0. The fourth-order valence-electron chi connectivity index (χ4n) is 1.82. The molecule has 14 heavy (non-hydrogen) atoms. The second kappa shape index (κ2) is 3.61. The molecule has 1 fully saturated rings. The van der Waals surface area contributed by atoms with E-state index >= 15 is 0 Å². The maximum Gasteiger partial charge on any atom is 0.315 e. The number of carbonyl (C=O) groups is 1. The highest BCUT2D eigenvalue weighted by Gasteiger charge is 2.29. The molecule has 5 nitrogen and oxygen atoms in total. The SMILES string of the molecule is NC(=O)N1CCCC1c1cnccn1. The Morgan fingerprint density at radius 3 is 3.07 bits per heavy atom. The summed E-state index contributed by atoms with van der Waals surface area (Å²) in [7, 11) is 0. The highest BCUT2D eigenvalue weighted by molar-refractivity contribution is 5.72. The van der Waals surface area contributed by atoms with Gasteiger partial charge in [-0.3, -0.25) is 9.97 Å². The molecule has 1 aliphatic heterocycles. The summed E-state index contributed by atoms with van der Waals surface area (Å²) in [5, 5.41) is 0. The molecule has 1 atom stereocenters. The molecule has 0 radical (unpaired) electrons. The van der Waals surface area contributed by atoms with Gasteiger partial charge in [0.2, 0.25) is 0 Å². The van der Waals surface area contributed by atoms with E-state index in [-0.39, 0.29) is 12.1 Å². The third-order valence-corrected chi connectivity index (χ3v) is 2.46. The van der Waals surface area contributed by atoms with Gasteiger partial charge in [-0.2, -0.15) is 0 Å². The Balaban J connectivity index is 2.22. The normalized spacial score (nSPS) is 21.1. The number of rotatable bonds is 1. The van der Waals surface area contributed by atoms with Gasteiger partial charge in [0.1, 0.15) is 0 Å². The van der Waals surface area contributed by atoms with Gasteiger partial charge >= 0.3 is 6.03 Å². The van der Waals surface area contributed by atoms with Gasteiger partial charge in [0.05, 0.1) is 17.9 Å². The first-order valence-electron chi connectivity index (χ1n) is 4.61. The highest BCUT2D eigenvalue weighted by Crippen LogP contribution is 2.29. The van der Waals surface area contributed by atoms with E-state index < -0.39 is 0 Å². The summed E-state index contributed by atoms with van der Waals surface area (Å²) in [6, 6.07) is -0.362. The Morgan fingerprint density at radius 2 is 2.43 bits per heavy atom. The number of primary amides is 1. The minimum atomic E-state index is -0.377. The quantitative estimate of drug-likeness (QED) is 0.711. The van der Waals surface area contributed by atoms with Gasteiger partial charge in [-0.25, -0.2) is 4.79 Å². The van der Waals surface area contributed by atoms with E-state index in [1.165, 1.54) is 0 Å². The molecule has 2 amide bonds. The number of urea groups is 1. The molecule has 5 heteroatoms. The molecule has 0 saturated carbocycles. The average molecular weight is 192 g/mol. The van der Waals surface area contributed by atoms with Crippen LogP contribution in [0, 0.1) is 0 Å². The molecule has 2 rings (SSSR count). The topological polar surface area (TPSA) is 72.1 Å². The number of likely N-dealkylation sites (tertiary alicyclic amines) is 1. The molecule has 1 aliphatic rings. The summed E-state index contributed by atoms with van der Waals surface area (Å²) in [5.41, 5.74) is 6.09. The molecule has 2 heterocycles. The number of nitrogens with zero attached hydrogens (tertiary/aromatic N) is 3. The van der Waals surface area contributed by atoms with Crippen LogP contribution >= 0.6 is 0 Å². The van der Waals surface area contributed by atoms with E-state index in [9.17, 15) is 4.79 Å². The molecule has 1 aromatic heterocycles. The molecular weight excluding hydrogens is 180 g/mol. The van der Waals surface area contributed by atoms with Crippen molar-refractivity contribution in [3.8, 4) is 0 Å². The van der Waals surface area contributed by atoms with Crippen LogP contribution in [-0.2, 0) is 0 Å². The maximum atomic E-state index is 11.1. The number of carbonyl (C=O) groups excluding carboxylic acids is 1. The van der Waals surface area contributed by atoms with Crippen LogP contribution in [0.4, 0.5) is 4.79 Å². The van der Waals surface area contributed by atoms with E-state index in [4.69, 9.17) is 5.73 Å². The van der Waals surface area contributed by atoms with Crippen LogP contribution in [0.1, 0.15) is 24.6 Å². The number of amides is 2. The zero-order valence-electron chi connectivity index (χ0n) is 7.76. The first-order valence-corrected chi connectivity index (χ1v) is 4.61. The fraction of sp³-hybridized carbons (Fsp3) is 0.444. The zero-order chi connectivity index (χ0) is 9.97. The summed E-state index contributed by atoms with van der Waals surface area (Å²) in [6.45, 7) is 0.719. The number of aromatic nitrogens is 2. The van der Waals surface area contributed by atoms with Gasteiger partial charge < -0.3 is 10.6 Å². The first-order chi connectivity index (χ1) is 6.79. The Labute approximate surface area is 82.0 Å².